The fraction of sp³-hybridized carbons (Fsp3) is 0.409. The Labute approximate surface area is 164 Å². The maximum absolute atomic E-state index is 13.3. The molecule has 1 aliphatic carbocycles. The van der Waals surface area contributed by atoms with Gasteiger partial charge in [0.2, 0.25) is 0 Å². The van der Waals surface area contributed by atoms with Gasteiger partial charge < -0.3 is 14.4 Å². The molecule has 27 heavy (non-hydrogen) atoms. The molecule has 0 aromatic heterocycles. The summed E-state index contributed by atoms with van der Waals surface area (Å²) >= 11 is 5.99. The van der Waals surface area contributed by atoms with Crippen LogP contribution in [-0.2, 0) is 26.5 Å². The molecule has 0 unspecified atom stereocenters. The van der Waals surface area contributed by atoms with Crippen molar-refractivity contribution in [3.63, 3.8) is 0 Å². The van der Waals surface area contributed by atoms with E-state index in [1.807, 2.05) is 29.2 Å². The van der Waals surface area contributed by atoms with Crippen LogP contribution in [0.3, 0.4) is 0 Å². The lowest BCUT2D eigenvalue weighted by Crippen LogP contribution is -2.47. The SMILES string of the molecule is O=C1N(CC2CC2)c2ccc(Cc3ccc(Cl)cc3)cc2C12OCCCO2. The van der Waals surface area contributed by atoms with Crippen molar-refractivity contribution in [3.8, 4) is 0 Å². The molecular weight excluding hydrogens is 362 g/mol. The quantitative estimate of drug-likeness (QED) is 0.791. The number of anilines is 1. The number of halogens is 1. The van der Waals surface area contributed by atoms with Crippen molar-refractivity contribution >= 4 is 23.2 Å². The van der Waals surface area contributed by atoms with Crippen molar-refractivity contribution in [1.82, 2.24) is 0 Å². The van der Waals surface area contributed by atoms with Gasteiger partial charge in [0.1, 0.15) is 0 Å². The number of amides is 1. The summed E-state index contributed by atoms with van der Waals surface area (Å²) < 4.78 is 12.0. The van der Waals surface area contributed by atoms with E-state index >= 15 is 0 Å². The van der Waals surface area contributed by atoms with E-state index in [-0.39, 0.29) is 5.91 Å². The number of fused-ring (bicyclic) bond motifs is 2. The fourth-order valence-corrected chi connectivity index (χ4v) is 4.11. The average molecular weight is 384 g/mol. The molecule has 2 heterocycles. The first kappa shape index (κ1) is 17.2. The third kappa shape index (κ3) is 3.06. The normalized spacial score (nSPS) is 20.9. The third-order valence-corrected chi connectivity index (χ3v) is 5.84. The van der Waals surface area contributed by atoms with Gasteiger partial charge in [0.05, 0.1) is 18.9 Å². The molecule has 5 rings (SSSR count). The number of hydrogen-bond acceptors (Lipinski definition) is 3. The number of ether oxygens (including phenoxy) is 2. The Kier molecular flexibility index (Phi) is 4.23. The van der Waals surface area contributed by atoms with Crippen molar-refractivity contribution in [2.45, 2.75) is 31.5 Å². The second-order valence-electron chi connectivity index (χ2n) is 7.68. The highest BCUT2D eigenvalue weighted by molar-refractivity contribution is 6.30. The minimum Gasteiger partial charge on any atom is -0.338 e. The Bertz CT molecular complexity index is 870. The molecule has 1 amide bonds. The number of carbonyl (C=O) groups excluding carboxylic acids is 1. The van der Waals surface area contributed by atoms with Gasteiger partial charge in [0, 0.05) is 17.1 Å². The molecule has 0 bridgehead atoms. The zero-order valence-corrected chi connectivity index (χ0v) is 15.9. The lowest BCUT2D eigenvalue weighted by Gasteiger charge is -2.32. The molecule has 3 aliphatic rings. The van der Waals surface area contributed by atoms with Gasteiger partial charge in [-0.1, -0.05) is 29.8 Å². The summed E-state index contributed by atoms with van der Waals surface area (Å²) in [5.74, 6) is -0.708. The largest absolute Gasteiger partial charge is 0.338 e. The second kappa shape index (κ2) is 6.62. The number of benzene rings is 2. The van der Waals surface area contributed by atoms with Crippen LogP contribution in [0.1, 0.15) is 36.0 Å². The molecule has 140 valence electrons. The third-order valence-electron chi connectivity index (χ3n) is 5.59. The summed E-state index contributed by atoms with van der Waals surface area (Å²) in [5.41, 5.74) is 4.11. The fourth-order valence-electron chi connectivity index (χ4n) is 3.98. The highest BCUT2D eigenvalue weighted by atomic mass is 35.5. The molecule has 2 aromatic rings. The van der Waals surface area contributed by atoms with E-state index in [1.54, 1.807) is 0 Å². The van der Waals surface area contributed by atoms with E-state index in [1.165, 1.54) is 18.4 Å². The molecule has 1 saturated carbocycles. The first-order chi connectivity index (χ1) is 13.2. The second-order valence-corrected chi connectivity index (χ2v) is 8.12. The summed E-state index contributed by atoms with van der Waals surface area (Å²) in [6, 6.07) is 14.1. The van der Waals surface area contributed by atoms with Gasteiger partial charge in [0.15, 0.2) is 0 Å². The number of carbonyl (C=O) groups is 1. The molecular formula is C22H22ClNO3. The van der Waals surface area contributed by atoms with Crippen LogP contribution in [-0.4, -0.2) is 25.7 Å². The summed E-state index contributed by atoms with van der Waals surface area (Å²) in [5, 5.41) is 0.733. The van der Waals surface area contributed by atoms with Crippen LogP contribution in [0.5, 0.6) is 0 Å². The molecule has 0 atom stereocenters. The summed E-state index contributed by atoms with van der Waals surface area (Å²) in [6.07, 6.45) is 3.99. The van der Waals surface area contributed by atoms with Crippen molar-refractivity contribution < 1.29 is 14.3 Å². The summed E-state index contributed by atoms with van der Waals surface area (Å²) in [7, 11) is 0. The maximum Gasteiger partial charge on any atom is 0.292 e. The molecule has 0 radical (unpaired) electrons. The molecule has 0 N–H and O–H groups in total. The van der Waals surface area contributed by atoms with Gasteiger partial charge in [0.25, 0.3) is 11.7 Å². The number of nitrogens with zero attached hydrogens (tertiary/aromatic N) is 1. The highest BCUT2D eigenvalue weighted by Crippen LogP contribution is 2.47. The summed E-state index contributed by atoms with van der Waals surface area (Å²) in [4.78, 5) is 15.2. The minimum atomic E-state index is -1.25. The number of hydrogen-bond donors (Lipinski definition) is 0. The first-order valence-electron chi connectivity index (χ1n) is 9.63. The molecule has 2 aromatic carbocycles. The van der Waals surface area contributed by atoms with Gasteiger partial charge in [-0.15, -0.1) is 0 Å². The van der Waals surface area contributed by atoms with Crippen molar-refractivity contribution in [1.29, 1.82) is 0 Å². The predicted molar refractivity (Wildman–Crippen MR) is 104 cm³/mol. The zero-order valence-electron chi connectivity index (χ0n) is 15.1. The lowest BCUT2D eigenvalue weighted by atomic mass is 9.99. The van der Waals surface area contributed by atoms with Gasteiger partial charge in [-0.2, -0.15) is 0 Å². The maximum atomic E-state index is 13.3. The van der Waals surface area contributed by atoms with Crippen molar-refractivity contribution in [2.75, 3.05) is 24.7 Å². The van der Waals surface area contributed by atoms with E-state index in [4.69, 9.17) is 21.1 Å². The first-order valence-corrected chi connectivity index (χ1v) is 10.0. The monoisotopic (exact) mass is 383 g/mol. The topological polar surface area (TPSA) is 38.8 Å². The molecule has 1 spiro atoms. The number of rotatable bonds is 4. The Hall–Kier alpha value is -1.88. The van der Waals surface area contributed by atoms with E-state index < -0.39 is 5.79 Å². The predicted octanol–water partition coefficient (Wildman–Crippen LogP) is 4.28. The lowest BCUT2D eigenvalue weighted by molar-refractivity contribution is -0.256. The summed E-state index contributed by atoms with van der Waals surface area (Å²) in [6.45, 7) is 1.85. The zero-order chi connectivity index (χ0) is 18.4. The minimum absolute atomic E-state index is 0.0623. The highest BCUT2D eigenvalue weighted by Gasteiger charge is 2.55. The van der Waals surface area contributed by atoms with Crippen LogP contribution in [0.25, 0.3) is 0 Å². The Morgan fingerprint density at radius 1 is 1.04 bits per heavy atom. The Balaban J connectivity index is 1.51. The van der Waals surface area contributed by atoms with Crippen LogP contribution < -0.4 is 4.90 Å². The Morgan fingerprint density at radius 3 is 2.44 bits per heavy atom. The van der Waals surface area contributed by atoms with Gasteiger partial charge in [-0.25, -0.2) is 0 Å². The van der Waals surface area contributed by atoms with Crippen molar-refractivity contribution in [2.24, 2.45) is 5.92 Å². The molecule has 2 fully saturated rings. The van der Waals surface area contributed by atoms with E-state index in [0.717, 1.165) is 41.2 Å². The van der Waals surface area contributed by atoms with Crippen LogP contribution in [0, 0.1) is 5.92 Å². The van der Waals surface area contributed by atoms with Crippen LogP contribution in [0.4, 0.5) is 5.69 Å². The van der Waals surface area contributed by atoms with Crippen LogP contribution in [0.15, 0.2) is 42.5 Å². The smallest absolute Gasteiger partial charge is 0.292 e. The Morgan fingerprint density at radius 2 is 1.74 bits per heavy atom. The van der Waals surface area contributed by atoms with E-state index in [2.05, 4.69) is 18.2 Å². The molecule has 5 heteroatoms. The van der Waals surface area contributed by atoms with E-state index in [9.17, 15) is 4.79 Å². The van der Waals surface area contributed by atoms with Gasteiger partial charge in [-0.05, 0) is 67.0 Å². The van der Waals surface area contributed by atoms with Gasteiger partial charge >= 0.3 is 0 Å². The van der Waals surface area contributed by atoms with Crippen LogP contribution >= 0.6 is 11.6 Å². The molecule has 1 saturated heterocycles. The molecule has 2 aliphatic heterocycles. The van der Waals surface area contributed by atoms with Crippen molar-refractivity contribution in [3.05, 3.63) is 64.2 Å². The van der Waals surface area contributed by atoms with Gasteiger partial charge in [-0.3, -0.25) is 4.79 Å². The standard InChI is InChI=1S/C22H22ClNO3/c23-18-7-4-15(5-8-18)12-17-6-9-20-19(13-17)22(26-10-1-11-27-22)21(25)24(20)14-16-2-3-16/h4-9,13,16H,1-3,10-12,14H2. The van der Waals surface area contributed by atoms with Crippen LogP contribution in [0.2, 0.25) is 5.02 Å². The van der Waals surface area contributed by atoms with E-state index in [0.29, 0.717) is 19.1 Å². The average Bonchev–Trinajstić information content (AvgIpc) is 3.49. The molecule has 4 nitrogen and oxygen atoms in total.